The van der Waals surface area contributed by atoms with Gasteiger partial charge in [-0.15, -0.1) is 0 Å². The Morgan fingerprint density at radius 1 is 1.11 bits per heavy atom. The van der Waals surface area contributed by atoms with Crippen LogP contribution < -0.4 is 20.2 Å². The zero-order chi connectivity index (χ0) is 19.5. The maximum Gasteiger partial charge on any atom is 0.344 e. The Balaban J connectivity index is 1.95. The molecular formula is C19H21N3O5. The smallest absolute Gasteiger partial charge is 0.344 e. The third-order valence-corrected chi connectivity index (χ3v) is 3.25. The first-order valence-corrected chi connectivity index (χ1v) is 8.24. The molecule has 2 aromatic rings. The molecular weight excluding hydrogens is 350 g/mol. The Morgan fingerprint density at radius 3 is 2.59 bits per heavy atom. The summed E-state index contributed by atoms with van der Waals surface area (Å²) in [5, 5.41) is 6.53. The standard InChI is InChI=1S/C19H21N3O5/c1-3-26-18(23)13-27-17-11-14(9-10-16(17)25-2)12-20-22-19(24)21-15-7-5-4-6-8-15/h4-12H,3,13H2,1-2H3,(H2,21,22,24)/b20-12+. The zero-order valence-electron chi connectivity index (χ0n) is 15.1. The van der Waals surface area contributed by atoms with E-state index in [2.05, 4.69) is 15.8 Å². The molecule has 0 unspecified atom stereocenters. The molecule has 142 valence electrons. The van der Waals surface area contributed by atoms with E-state index in [9.17, 15) is 9.59 Å². The Kier molecular flexibility index (Phi) is 7.65. The van der Waals surface area contributed by atoms with Gasteiger partial charge in [0.15, 0.2) is 18.1 Å². The Bertz CT molecular complexity index is 793. The second-order valence-electron chi connectivity index (χ2n) is 5.19. The number of rotatable bonds is 8. The number of urea groups is 1. The number of benzene rings is 2. The summed E-state index contributed by atoms with van der Waals surface area (Å²) in [6.07, 6.45) is 1.45. The van der Waals surface area contributed by atoms with E-state index in [1.165, 1.54) is 13.3 Å². The summed E-state index contributed by atoms with van der Waals surface area (Å²) in [5.41, 5.74) is 3.67. The van der Waals surface area contributed by atoms with Crippen molar-refractivity contribution in [2.24, 2.45) is 5.10 Å². The topological polar surface area (TPSA) is 98.3 Å². The molecule has 0 aromatic heterocycles. The molecule has 0 atom stereocenters. The number of amides is 2. The van der Waals surface area contributed by atoms with Crippen molar-refractivity contribution in [1.82, 2.24) is 5.43 Å². The molecule has 2 aromatic carbocycles. The number of carbonyl (C=O) groups is 2. The fraction of sp³-hybridized carbons (Fsp3) is 0.211. The number of para-hydroxylation sites is 1. The number of nitrogens with one attached hydrogen (secondary N) is 2. The minimum Gasteiger partial charge on any atom is -0.493 e. The van der Waals surface area contributed by atoms with Crippen molar-refractivity contribution in [3.63, 3.8) is 0 Å². The number of carbonyl (C=O) groups excluding carboxylic acids is 2. The van der Waals surface area contributed by atoms with Crippen LogP contribution in [0.2, 0.25) is 0 Å². The highest BCUT2D eigenvalue weighted by molar-refractivity contribution is 5.90. The molecule has 0 spiro atoms. The second kappa shape index (κ2) is 10.4. The molecule has 2 N–H and O–H groups in total. The highest BCUT2D eigenvalue weighted by Crippen LogP contribution is 2.27. The highest BCUT2D eigenvalue weighted by Gasteiger charge is 2.09. The first-order chi connectivity index (χ1) is 13.1. The predicted molar refractivity (Wildman–Crippen MR) is 101 cm³/mol. The zero-order valence-corrected chi connectivity index (χ0v) is 15.1. The molecule has 2 amide bonds. The van der Waals surface area contributed by atoms with Gasteiger partial charge in [-0.25, -0.2) is 15.0 Å². The monoisotopic (exact) mass is 371 g/mol. The number of hydrogen-bond acceptors (Lipinski definition) is 6. The first kappa shape index (κ1) is 19.8. The molecule has 0 heterocycles. The van der Waals surface area contributed by atoms with Crippen molar-refractivity contribution in [2.45, 2.75) is 6.92 Å². The van der Waals surface area contributed by atoms with Crippen LogP contribution in [0, 0.1) is 0 Å². The van der Waals surface area contributed by atoms with Crippen LogP contribution in [0.5, 0.6) is 11.5 Å². The van der Waals surface area contributed by atoms with Crippen LogP contribution in [0.4, 0.5) is 10.5 Å². The van der Waals surface area contributed by atoms with E-state index >= 15 is 0 Å². The summed E-state index contributed by atoms with van der Waals surface area (Å²) in [6, 6.07) is 13.6. The second-order valence-corrected chi connectivity index (χ2v) is 5.19. The average Bonchev–Trinajstić information content (AvgIpc) is 2.67. The fourth-order valence-electron chi connectivity index (χ4n) is 2.07. The Labute approximate surface area is 157 Å². The molecule has 27 heavy (non-hydrogen) atoms. The summed E-state index contributed by atoms with van der Waals surface area (Å²) >= 11 is 0. The van der Waals surface area contributed by atoms with Gasteiger partial charge in [-0.3, -0.25) is 0 Å². The van der Waals surface area contributed by atoms with Gasteiger partial charge in [0.1, 0.15) is 0 Å². The maximum atomic E-state index is 11.8. The highest BCUT2D eigenvalue weighted by atomic mass is 16.6. The van der Waals surface area contributed by atoms with Crippen LogP contribution in [-0.4, -0.2) is 38.5 Å². The van der Waals surface area contributed by atoms with Gasteiger partial charge in [-0.1, -0.05) is 18.2 Å². The predicted octanol–water partition coefficient (Wildman–Crippen LogP) is 2.79. The van der Waals surface area contributed by atoms with E-state index in [-0.39, 0.29) is 13.2 Å². The largest absolute Gasteiger partial charge is 0.493 e. The quantitative estimate of drug-likeness (QED) is 0.422. The molecule has 0 radical (unpaired) electrons. The summed E-state index contributed by atoms with van der Waals surface area (Å²) in [7, 11) is 1.50. The van der Waals surface area contributed by atoms with Gasteiger partial charge in [-0.2, -0.15) is 5.10 Å². The number of esters is 1. The van der Waals surface area contributed by atoms with Crippen LogP contribution in [-0.2, 0) is 9.53 Å². The van der Waals surface area contributed by atoms with Gasteiger partial charge in [0.25, 0.3) is 0 Å². The summed E-state index contributed by atoms with van der Waals surface area (Å²) in [5.74, 6) is 0.354. The average molecular weight is 371 g/mol. The lowest BCUT2D eigenvalue weighted by molar-refractivity contribution is -0.145. The number of ether oxygens (including phenoxy) is 3. The molecule has 0 saturated heterocycles. The van der Waals surface area contributed by atoms with Gasteiger partial charge in [-0.05, 0) is 42.8 Å². The Morgan fingerprint density at radius 2 is 1.89 bits per heavy atom. The summed E-state index contributed by atoms with van der Waals surface area (Å²) in [4.78, 5) is 23.2. The maximum absolute atomic E-state index is 11.8. The Hall–Kier alpha value is -3.55. The molecule has 0 bridgehead atoms. The molecule has 0 aliphatic heterocycles. The van der Waals surface area contributed by atoms with Crippen LogP contribution in [0.1, 0.15) is 12.5 Å². The lowest BCUT2D eigenvalue weighted by atomic mass is 10.2. The number of hydrogen-bond donors (Lipinski definition) is 2. The lowest BCUT2D eigenvalue weighted by Crippen LogP contribution is -2.24. The third kappa shape index (κ3) is 6.69. The molecule has 2 rings (SSSR count). The third-order valence-electron chi connectivity index (χ3n) is 3.25. The minimum absolute atomic E-state index is 0.234. The van der Waals surface area contributed by atoms with Gasteiger partial charge in [0.05, 0.1) is 19.9 Å². The molecule has 8 heteroatoms. The van der Waals surface area contributed by atoms with Crippen molar-refractivity contribution >= 4 is 23.9 Å². The number of nitrogens with zero attached hydrogens (tertiary/aromatic N) is 1. The number of anilines is 1. The van der Waals surface area contributed by atoms with E-state index in [0.717, 1.165) is 0 Å². The van der Waals surface area contributed by atoms with Crippen molar-refractivity contribution in [1.29, 1.82) is 0 Å². The summed E-state index contributed by atoms with van der Waals surface area (Å²) in [6.45, 7) is 1.77. The van der Waals surface area contributed by atoms with Crippen LogP contribution in [0.3, 0.4) is 0 Å². The normalized spacial score (nSPS) is 10.3. The number of hydrazone groups is 1. The molecule has 0 aliphatic rings. The van der Waals surface area contributed by atoms with E-state index in [0.29, 0.717) is 22.7 Å². The summed E-state index contributed by atoms with van der Waals surface area (Å²) < 4.78 is 15.5. The van der Waals surface area contributed by atoms with Gasteiger partial charge in [0, 0.05) is 5.69 Å². The number of methoxy groups -OCH3 is 1. The van der Waals surface area contributed by atoms with E-state index in [4.69, 9.17) is 14.2 Å². The van der Waals surface area contributed by atoms with Crippen LogP contribution >= 0.6 is 0 Å². The van der Waals surface area contributed by atoms with Gasteiger partial charge < -0.3 is 19.5 Å². The van der Waals surface area contributed by atoms with Crippen LogP contribution in [0.15, 0.2) is 53.6 Å². The fourth-order valence-corrected chi connectivity index (χ4v) is 2.07. The van der Waals surface area contributed by atoms with Crippen molar-refractivity contribution < 1.29 is 23.8 Å². The molecule has 0 saturated carbocycles. The van der Waals surface area contributed by atoms with E-state index in [1.807, 2.05) is 18.2 Å². The van der Waals surface area contributed by atoms with Crippen LogP contribution in [0.25, 0.3) is 0 Å². The molecule has 0 aliphatic carbocycles. The van der Waals surface area contributed by atoms with Gasteiger partial charge in [0.2, 0.25) is 0 Å². The SMILES string of the molecule is CCOC(=O)COc1cc(/C=N/NC(=O)Nc2ccccc2)ccc1OC. The lowest BCUT2D eigenvalue weighted by Gasteiger charge is -2.10. The van der Waals surface area contributed by atoms with E-state index < -0.39 is 12.0 Å². The molecule has 8 nitrogen and oxygen atoms in total. The van der Waals surface area contributed by atoms with E-state index in [1.54, 1.807) is 37.3 Å². The minimum atomic E-state index is -0.474. The van der Waals surface area contributed by atoms with Crippen molar-refractivity contribution in [3.05, 3.63) is 54.1 Å². The van der Waals surface area contributed by atoms with Crippen molar-refractivity contribution in [2.75, 3.05) is 25.6 Å². The first-order valence-electron chi connectivity index (χ1n) is 8.24. The van der Waals surface area contributed by atoms with Crippen molar-refractivity contribution in [3.8, 4) is 11.5 Å². The molecule has 0 fully saturated rings. The van der Waals surface area contributed by atoms with Gasteiger partial charge >= 0.3 is 12.0 Å².